The molecule has 0 aromatic heterocycles. The third-order valence-corrected chi connectivity index (χ3v) is 2.58. The van der Waals surface area contributed by atoms with Crippen LogP contribution in [0.1, 0.15) is 11.1 Å². The molecule has 0 spiro atoms. The second kappa shape index (κ2) is 5.60. The molecule has 0 atom stereocenters. The molecule has 0 radical (unpaired) electrons. The number of aliphatic hydroxyl groups excluding tert-OH is 1. The van der Waals surface area contributed by atoms with Gasteiger partial charge in [-0.1, -0.05) is 24.3 Å². The van der Waals surface area contributed by atoms with E-state index < -0.39 is 11.6 Å². The van der Waals surface area contributed by atoms with Crippen LogP contribution in [0.4, 0.5) is 8.78 Å². The highest BCUT2D eigenvalue weighted by Crippen LogP contribution is 2.20. The Kier molecular flexibility index (Phi) is 3.89. The van der Waals surface area contributed by atoms with Gasteiger partial charge < -0.3 is 9.84 Å². The summed E-state index contributed by atoms with van der Waals surface area (Å²) in [5.74, 6) is -0.865. The fourth-order valence-electron chi connectivity index (χ4n) is 1.60. The minimum absolute atomic E-state index is 0.120. The van der Waals surface area contributed by atoms with Gasteiger partial charge in [0.15, 0.2) is 0 Å². The molecule has 0 amide bonds. The van der Waals surface area contributed by atoms with Crippen molar-refractivity contribution in [3.63, 3.8) is 0 Å². The summed E-state index contributed by atoms with van der Waals surface area (Å²) < 4.78 is 32.1. The maximum Gasteiger partial charge on any atom is 0.132 e. The zero-order valence-corrected chi connectivity index (χ0v) is 9.57. The fraction of sp³-hybridized carbons (Fsp3) is 0.143. The number of hydrogen-bond donors (Lipinski definition) is 1. The number of rotatable bonds is 4. The van der Waals surface area contributed by atoms with Crippen molar-refractivity contribution in [2.24, 2.45) is 0 Å². The van der Waals surface area contributed by atoms with Crippen molar-refractivity contribution in [3.05, 3.63) is 65.2 Å². The Morgan fingerprint density at radius 3 is 2.28 bits per heavy atom. The van der Waals surface area contributed by atoms with E-state index in [0.29, 0.717) is 11.3 Å². The van der Waals surface area contributed by atoms with E-state index in [4.69, 9.17) is 9.84 Å². The van der Waals surface area contributed by atoms with Gasteiger partial charge in [-0.05, 0) is 18.2 Å². The average Bonchev–Trinajstić information content (AvgIpc) is 2.38. The van der Waals surface area contributed by atoms with E-state index in [1.165, 1.54) is 18.2 Å². The van der Waals surface area contributed by atoms with E-state index in [2.05, 4.69) is 0 Å². The Balaban J connectivity index is 2.16. The maximum atomic E-state index is 13.4. The van der Waals surface area contributed by atoms with Crippen LogP contribution in [0.2, 0.25) is 0 Å². The van der Waals surface area contributed by atoms with Gasteiger partial charge >= 0.3 is 0 Å². The van der Waals surface area contributed by atoms with E-state index in [9.17, 15) is 8.78 Å². The summed E-state index contributed by atoms with van der Waals surface area (Å²) in [7, 11) is 0. The highest BCUT2D eigenvalue weighted by atomic mass is 19.1. The van der Waals surface area contributed by atoms with Crippen molar-refractivity contribution in [1.82, 2.24) is 0 Å². The van der Waals surface area contributed by atoms with Crippen LogP contribution in [0.3, 0.4) is 0 Å². The Morgan fingerprint density at radius 2 is 1.61 bits per heavy atom. The highest BCUT2D eigenvalue weighted by Gasteiger charge is 2.10. The molecule has 2 nitrogen and oxygen atoms in total. The summed E-state index contributed by atoms with van der Waals surface area (Å²) in [5.41, 5.74) is 0.458. The largest absolute Gasteiger partial charge is 0.488 e. The first-order valence-electron chi connectivity index (χ1n) is 5.47. The molecule has 0 aliphatic carbocycles. The zero-order chi connectivity index (χ0) is 13.0. The minimum Gasteiger partial charge on any atom is -0.488 e. The SMILES string of the molecule is OCc1ccccc1OCc1c(F)cccc1F. The van der Waals surface area contributed by atoms with Gasteiger partial charge in [0.05, 0.1) is 12.2 Å². The lowest BCUT2D eigenvalue weighted by molar-refractivity contribution is 0.255. The van der Waals surface area contributed by atoms with Gasteiger partial charge in [-0.3, -0.25) is 0 Å². The van der Waals surface area contributed by atoms with E-state index >= 15 is 0 Å². The Labute approximate surface area is 103 Å². The van der Waals surface area contributed by atoms with Gasteiger partial charge in [-0.15, -0.1) is 0 Å². The predicted octanol–water partition coefficient (Wildman–Crippen LogP) is 3.04. The molecule has 0 saturated carbocycles. The fourth-order valence-corrected chi connectivity index (χ4v) is 1.60. The first-order valence-corrected chi connectivity index (χ1v) is 5.47. The van der Waals surface area contributed by atoms with Crippen molar-refractivity contribution in [1.29, 1.82) is 0 Å². The third kappa shape index (κ3) is 2.65. The Morgan fingerprint density at radius 1 is 0.944 bits per heavy atom. The highest BCUT2D eigenvalue weighted by molar-refractivity contribution is 5.33. The lowest BCUT2D eigenvalue weighted by Crippen LogP contribution is -2.03. The molecule has 0 unspecified atom stereocenters. The number of ether oxygens (including phenoxy) is 1. The van der Waals surface area contributed by atoms with E-state index in [1.54, 1.807) is 24.3 Å². The second-order valence-electron chi connectivity index (χ2n) is 3.75. The standard InChI is InChI=1S/C14H12F2O2/c15-12-5-3-6-13(16)11(12)9-18-14-7-2-1-4-10(14)8-17/h1-7,17H,8-9H2. The molecule has 0 aliphatic heterocycles. The second-order valence-corrected chi connectivity index (χ2v) is 3.75. The van der Waals surface area contributed by atoms with Crippen LogP contribution in [0.25, 0.3) is 0 Å². The first kappa shape index (κ1) is 12.5. The molecule has 0 fully saturated rings. The quantitative estimate of drug-likeness (QED) is 0.903. The van der Waals surface area contributed by atoms with Gasteiger partial charge in [0, 0.05) is 5.56 Å². The number of para-hydroxylation sites is 1. The molecule has 2 rings (SSSR count). The first-order chi connectivity index (χ1) is 8.72. The summed E-state index contributed by atoms with van der Waals surface area (Å²) in [5, 5.41) is 9.10. The van der Waals surface area contributed by atoms with Crippen molar-refractivity contribution in [2.45, 2.75) is 13.2 Å². The molecule has 18 heavy (non-hydrogen) atoms. The van der Waals surface area contributed by atoms with Crippen LogP contribution in [0.5, 0.6) is 5.75 Å². The van der Waals surface area contributed by atoms with Gasteiger partial charge in [-0.2, -0.15) is 0 Å². The van der Waals surface area contributed by atoms with Crippen LogP contribution >= 0.6 is 0 Å². The van der Waals surface area contributed by atoms with Crippen LogP contribution in [-0.4, -0.2) is 5.11 Å². The molecule has 0 aliphatic rings. The number of aliphatic hydroxyl groups is 1. The van der Waals surface area contributed by atoms with Gasteiger partial charge in [0.1, 0.15) is 24.0 Å². The average molecular weight is 250 g/mol. The molecule has 0 bridgehead atoms. The molecule has 0 saturated heterocycles. The molecule has 4 heteroatoms. The van der Waals surface area contributed by atoms with Gasteiger partial charge in [0.25, 0.3) is 0 Å². The number of hydrogen-bond acceptors (Lipinski definition) is 2. The van der Waals surface area contributed by atoms with Crippen molar-refractivity contribution in [2.75, 3.05) is 0 Å². The molecular formula is C14H12F2O2. The lowest BCUT2D eigenvalue weighted by atomic mass is 10.2. The predicted molar refractivity (Wildman–Crippen MR) is 63.1 cm³/mol. The molecular weight excluding hydrogens is 238 g/mol. The molecule has 94 valence electrons. The minimum atomic E-state index is -0.642. The van der Waals surface area contributed by atoms with Crippen LogP contribution in [-0.2, 0) is 13.2 Å². The van der Waals surface area contributed by atoms with Crippen LogP contribution in [0, 0.1) is 11.6 Å². The zero-order valence-electron chi connectivity index (χ0n) is 9.57. The smallest absolute Gasteiger partial charge is 0.132 e. The van der Waals surface area contributed by atoms with Crippen molar-refractivity contribution in [3.8, 4) is 5.75 Å². The number of benzene rings is 2. The van der Waals surface area contributed by atoms with E-state index in [0.717, 1.165) is 0 Å². The van der Waals surface area contributed by atoms with E-state index in [1.807, 2.05) is 0 Å². The number of halogens is 2. The molecule has 2 aromatic rings. The third-order valence-electron chi connectivity index (χ3n) is 2.58. The van der Waals surface area contributed by atoms with Crippen molar-refractivity contribution < 1.29 is 18.6 Å². The molecule has 2 aromatic carbocycles. The topological polar surface area (TPSA) is 29.5 Å². The normalized spacial score (nSPS) is 10.4. The Bertz CT molecular complexity index is 521. The summed E-state index contributed by atoms with van der Waals surface area (Å²) >= 11 is 0. The van der Waals surface area contributed by atoms with Crippen molar-refractivity contribution >= 4 is 0 Å². The Hall–Kier alpha value is -1.94. The molecule has 1 N–H and O–H groups in total. The van der Waals surface area contributed by atoms with Crippen LogP contribution < -0.4 is 4.74 Å². The maximum absolute atomic E-state index is 13.4. The van der Waals surface area contributed by atoms with E-state index in [-0.39, 0.29) is 18.8 Å². The summed E-state index contributed by atoms with van der Waals surface area (Å²) in [6.07, 6.45) is 0. The van der Waals surface area contributed by atoms with Gasteiger partial charge in [-0.25, -0.2) is 8.78 Å². The van der Waals surface area contributed by atoms with Gasteiger partial charge in [0.2, 0.25) is 0 Å². The summed E-state index contributed by atoms with van der Waals surface area (Å²) in [6.45, 7) is -0.397. The summed E-state index contributed by atoms with van der Waals surface area (Å²) in [4.78, 5) is 0. The lowest BCUT2D eigenvalue weighted by Gasteiger charge is -2.10. The monoisotopic (exact) mass is 250 g/mol. The summed E-state index contributed by atoms with van der Waals surface area (Å²) in [6, 6.07) is 10.5. The van der Waals surface area contributed by atoms with Crippen LogP contribution in [0.15, 0.2) is 42.5 Å². The molecule has 0 heterocycles.